The van der Waals surface area contributed by atoms with E-state index in [4.69, 9.17) is 25.8 Å². The molecule has 224 valence electrons. The first-order valence-corrected chi connectivity index (χ1v) is 14.3. The molecule has 13 nitrogen and oxygen atoms in total. The normalized spacial score (nSPS) is 12.7. The molecule has 0 aliphatic heterocycles. The molecule has 2 amide bonds. The van der Waals surface area contributed by atoms with Crippen molar-refractivity contribution in [3.63, 3.8) is 0 Å². The number of amides is 2. The molecule has 3 aromatic rings. The number of carbonyl (C=O) groups is 2. The molecule has 0 aliphatic rings. The monoisotopic (exact) mass is 610 g/mol. The number of fused-ring (bicyclic) bond motifs is 1. The van der Waals surface area contributed by atoms with Crippen LogP contribution in [0.25, 0.3) is 22.2 Å². The van der Waals surface area contributed by atoms with Crippen molar-refractivity contribution in [3.8, 4) is 17.0 Å². The molecule has 0 radical (unpaired) electrons. The van der Waals surface area contributed by atoms with Crippen LogP contribution in [0.4, 0.5) is 15.4 Å². The SMILES string of the molecule is CC[C@@H](COc1cc(-c2cc3c(C)nn([SH](=O)=O)c3cn2)c(Cl)nc1NC(=O)OC(C)(C)C)NC(=O)OC(C)(C)C. The number of hydrogen-bond donors (Lipinski definition) is 3. The van der Waals surface area contributed by atoms with Gasteiger partial charge in [0.15, 0.2) is 11.6 Å². The molecule has 0 bridgehead atoms. The van der Waals surface area contributed by atoms with E-state index in [0.29, 0.717) is 34.3 Å². The number of aromatic nitrogens is 4. The Kier molecular flexibility index (Phi) is 9.70. The quantitative estimate of drug-likeness (QED) is 0.237. The molecular weight excluding hydrogens is 576 g/mol. The number of carbonyl (C=O) groups excluding carboxylic acids is 2. The Balaban J connectivity index is 1.99. The van der Waals surface area contributed by atoms with Crippen LogP contribution in [0.1, 0.15) is 60.6 Å². The van der Waals surface area contributed by atoms with E-state index in [1.54, 1.807) is 60.6 Å². The van der Waals surface area contributed by atoms with Crippen LogP contribution in [-0.2, 0) is 20.4 Å². The van der Waals surface area contributed by atoms with Crippen molar-refractivity contribution >= 4 is 51.4 Å². The van der Waals surface area contributed by atoms with E-state index < -0.39 is 40.3 Å². The highest BCUT2D eigenvalue weighted by Gasteiger charge is 2.23. The summed E-state index contributed by atoms with van der Waals surface area (Å²) in [5.41, 5.74) is 0.0669. The van der Waals surface area contributed by atoms with Crippen molar-refractivity contribution < 1.29 is 32.2 Å². The maximum atomic E-state index is 12.5. The molecule has 1 atom stereocenters. The van der Waals surface area contributed by atoms with Crippen LogP contribution in [0.5, 0.6) is 5.75 Å². The van der Waals surface area contributed by atoms with Gasteiger partial charge in [-0.15, -0.1) is 0 Å². The Morgan fingerprint density at radius 2 is 1.71 bits per heavy atom. The molecule has 0 aromatic carbocycles. The van der Waals surface area contributed by atoms with Gasteiger partial charge in [0.05, 0.1) is 23.6 Å². The van der Waals surface area contributed by atoms with Gasteiger partial charge in [0.1, 0.15) is 28.5 Å². The van der Waals surface area contributed by atoms with Gasteiger partial charge in [-0.3, -0.25) is 10.3 Å². The molecule has 3 rings (SSSR count). The zero-order valence-corrected chi connectivity index (χ0v) is 25.8. The number of pyridine rings is 2. The Labute approximate surface area is 245 Å². The van der Waals surface area contributed by atoms with Gasteiger partial charge in [-0.1, -0.05) is 18.5 Å². The summed E-state index contributed by atoms with van der Waals surface area (Å²) in [5.74, 6) is 0.130. The molecule has 41 heavy (non-hydrogen) atoms. The summed E-state index contributed by atoms with van der Waals surface area (Å²) < 4.78 is 40.7. The maximum Gasteiger partial charge on any atom is 0.413 e. The van der Waals surface area contributed by atoms with Crippen molar-refractivity contribution in [2.45, 2.75) is 79.1 Å². The fraction of sp³-hybridized carbons (Fsp3) is 0.500. The van der Waals surface area contributed by atoms with Crippen LogP contribution in [-0.4, -0.2) is 63.6 Å². The highest BCUT2D eigenvalue weighted by molar-refractivity contribution is 7.70. The summed E-state index contributed by atoms with van der Waals surface area (Å²) >= 11 is 6.53. The Morgan fingerprint density at radius 1 is 1.07 bits per heavy atom. The molecule has 3 aromatic heterocycles. The molecular formula is C26H35ClN6O7S. The molecule has 0 unspecified atom stereocenters. The van der Waals surface area contributed by atoms with E-state index in [1.165, 1.54) is 6.20 Å². The second kappa shape index (κ2) is 12.5. The molecule has 0 aliphatic carbocycles. The summed E-state index contributed by atoms with van der Waals surface area (Å²) in [6.07, 6.45) is 0.526. The van der Waals surface area contributed by atoms with Crippen molar-refractivity contribution in [1.82, 2.24) is 24.5 Å². The second-order valence-corrected chi connectivity index (χ2v) is 12.4. The third kappa shape index (κ3) is 8.67. The molecule has 15 heteroatoms. The van der Waals surface area contributed by atoms with Crippen molar-refractivity contribution in [2.75, 3.05) is 11.9 Å². The van der Waals surface area contributed by atoms with Crippen molar-refractivity contribution in [1.29, 1.82) is 0 Å². The number of nitrogens with one attached hydrogen (secondary N) is 2. The smallest absolute Gasteiger partial charge is 0.413 e. The Bertz CT molecular complexity index is 1520. The van der Waals surface area contributed by atoms with E-state index in [9.17, 15) is 18.0 Å². The van der Waals surface area contributed by atoms with E-state index in [-0.39, 0.29) is 23.3 Å². The van der Waals surface area contributed by atoms with Crippen molar-refractivity contribution in [2.24, 2.45) is 0 Å². The van der Waals surface area contributed by atoms with Gasteiger partial charge in [0, 0.05) is 10.9 Å². The fourth-order valence-electron chi connectivity index (χ4n) is 3.60. The number of rotatable bonds is 8. The largest absolute Gasteiger partial charge is 0.488 e. The van der Waals surface area contributed by atoms with E-state index >= 15 is 0 Å². The van der Waals surface area contributed by atoms with E-state index in [2.05, 4.69) is 25.7 Å². The van der Waals surface area contributed by atoms with Gasteiger partial charge in [-0.25, -0.2) is 23.0 Å². The summed E-state index contributed by atoms with van der Waals surface area (Å²) in [4.78, 5) is 33.5. The van der Waals surface area contributed by atoms with Crippen LogP contribution in [0.15, 0.2) is 18.3 Å². The van der Waals surface area contributed by atoms with Gasteiger partial charge in [0.25, 0.3) is 0 Å². The van der Waals surface area contributed by atoms with Gasteiger partial charge >= 0.3 is 12.2 Å². The average Bonchev–Trinajstić information content (AvgIpc) is 3.16. The first-order chi connectivity index (χ1) is 19.0. The zero-order chi connectivity index (χ0) is 30.7. The summed E-state index contributed by atoms with van der Waals surface area (Å²) in [7, 11) is -2.98. The fourth-order valence-corrected chi connectivity index (χ4v) is 4.38. The minimum Gasteiger partial charge on any atom is -0.488 e. The van der Waals surface area contributed by atoms with Gasteiger partial charge in [-0.05, 0) is 67.0 Å². The number of nitrogens with zero attached hydrogens (tertiary/aromatic N) is 4. The van der Waals surface area contributed by atoms with Crippen LogP contribution in [0, 0.1) is 6.92 Å². The molecule has 0 saturated heterocycles. The number of thiol groups is 1. The lowest BCUT2D eigenvalue weighted by atomic mass is 10.1. The minimum absolute atomic E-state index is 0.00544. The first-order valence-electron chi connectivity index (χ1n) is 12.8. The van der Waals surface area contributed by atoms with Gasteiger partial charge in [-0.2, -0.15) is 9.19 Å². The number of hydrogen-bond acceptors (Lipinski definition) is 10. The van der Waals surface area contributed by atoms with Crippen molar-refractivity contribution in [3.05, 3.63) is 29.2 Å². The van der Waals surface area contributed by atoms with Crippen LogP contribution in [0.3, 0.4) is 0 Å². The van der Waals surface area contributed by atoms with Crippen LogP contribution >= 0.6 is 11.6 Å². The Hall–Kier alpha value is -3.65. The summed E-state index contributed by atoms with van der Waals surface area (Å²) in [6, 6.07) is 2.75. The highest BCUT2D eigenvalue weighted by Crippen LogP contribution is 2.35. The summed E-state index contributed by atoms with van der Waals surface area (Å²) in [5, 5.41) is 9.92. The third-order valence-electron chi connectivity index (χ3n) is 5.38. The molecule has 0 saturated carbocycles. The van der Waals surface area contributed by atoms with E-state index in [0.717, 1.165) is 4.09 Å². The topological polar surface area (TPSA) is 164 Å². The predicted molar refractivity (Wildman–Crippen MR) is 155 cm³/mol. The maximum absolute atomic E-state index is 12.5. The number of halogens is 1. The molecule has 3 heterocycles. The first kappa shape index (κ1) is 31.9. The average molecular weight is 611 g/mol. The predicted octanol–water partition coefficient (Wildman–Crippen LogP) is 4.86. The lowest BCUT2D eigenvalue weighted by Crippen LogP contribution is -2.41. The molecule has 0 spiro atoms. The lowest BCUT2D eigenvalue weighted by Gasteiger charge is -2.24. The Morgan fingerprint density at radius 3 is 2.29 bits per heavy atom. The number of alkyl carbamates (subject to hydrolysis) is 1. The number of anilines is 1. The molecule has 2 N–H and O–H groups in total. The number of aryl methyl sites for hydroxylation is 1. The van der Waals surface area contributed by atoms with E-state index in [1.807, 2.05) is 6.92 Å². The van der Waals surface area contributed by atoms with Gasteiger partial charge in [0.2, 0.25) is 10.9 Å². The zero-order valence-electron chi connectivity index (χ0n) is 24.2. The minimum atomic E-state index is -2.98. The number of ether oxygens (including phenoxy) is 3. The van der Waals surface area contributed by atoms with Crippen LogP contribution in [0.2, 0.25) is 5.15 Å². The second-order valence-electron chi connectivity index (χ2n) is 11.2. The van der Waals surface area contributed by atoms with Crippen LogP contribution < -0.4 is 15.4 Å². The third-order valence-corrected chi connectivity index (χ3v) is 6.28. The standard InChI is InChI=1S/C26H35ClN6O7S/c1-9-15(29-23(34)39-25(3,4)5)13-38-20-11-17(21(27)30-22(20)31-24(35)40-26(6,7)8)18-10-16-14(2)32-33(41(36)37)19(16)12-28-18/h10-12,15,41H,9,13H2,1-8H3,(H,29,34)(H,30,31,35)/t15-/m0/s1. The lowest BCUT2D eigenvalue weighted by molar-refractivity contribution is 0.0486. The highest BCUT2D eigenvalue weighted by atomic mass is 35.5. The summed E-state index contributed by atoms with van der Waals surface area (Å²) in [6.45, 7) is 14.0. The van der Waals surface area contributed by atoms with Gasteiger partial charge < -0.3 is 19.5 Å². The molecule has 0 fully saturated rings.